The van der Waals surface area contributed by atoms with Crippen molar-refractivity contribution in [1.29, 1.82) is 0 Å². The summed E-state index contributed by atoms with van der Waals surface area (Å²) in [5, 5.41) is 16.3. The Morgan fingerprint density at radius 1 is 1.53 bits per heavy atom. The molecule has 0 fully saturated rings. The van der Waals surface area contributed by atoms with E-state index in [9.17, 15) is 4.79 Å². The highest BCUT2D eigenvalue weighted by Crippen LogP contribution is 2.09. The van der Waals surface area contributed by atoms with Gasteiger partial charge in [0.15, 0.2) is 0 Å². The van der Waals surface area contributed by atoms with Crippen molar-refractivity contribution < 1.29 is 14.3 Å². The van der Waals surface area contributed by atoms with Crippen LogP contribution >= 0.6 is 0 Å². The number of likely N-dealkylation sites (N-methyl/N-ethyl adjacent to an activating group) is 1. The Bertz CT molecular complexity index is 561. The molecular formula is C12H16N4O3. The van der Waals surface area contributed by atoms with Gasteiger partial charge in [-0.2, -0.15) is 0 Å². The first-order valence-corrected chi connectivity index (χ1v) is 5.87. The lowest BCUT2D eigenvalue weighted by Crippen LogP contribution is -2.29. The molecule has 0 saturated carbocycles. The normalized spacial score (nSPS) is 10.7. The number of aromatic nitrogens is 3. The van der Waals surface area contributed by atoms with Crippen LogP contribution in [0.1, 0.15) is 17.2 Å². The summed E-state index contributed by atoms with van der Waals surface area (Å²) in [6, 6.07) is 3.71. The van der Waals surface area contributed by atoms with Gasteiger partial charge in [0.2, 0.25) is 5.91 Å². The molecule has 102 valence electrons. The average molecular weight is 264 g/mol. The SMILES string of the molecule is Cc1ccc(CN(C)C(=O)Cn2cc(CO)nn2)o1. The smallest absolute Gasteiger partial charge is 0.244 e. The summed E-state index contributed by atoms with van der Waals surface area (Å²) in [6.07, 6.45) is 1.54. The summed E-state index contributed by atoms with van der Waals surface area (Å²) in [5.41, 5.74) is 0.442. The fourth-order valence-electron chi connectivity index (χ4n) is 1.64. The summed E-state index contributed by atoms with van der Waals surface area (Å²) in [7, 11) is 1.70. The lowest BCUT2D eigenvalue weighted by Gasteiger charge is -2.15. The second-order valence-corrected chi connectivity index (χ2v) is 4.33. The molecule has 0 bridgehead atoms. The molecule has 0 atom stereocenters. The first-order chi connectivity index (χ1) is 9.08. The number of aliphatic hydroxyl groups is 1. The largest absolute Gasteiger partial charge is 0.464 e. The summed E-state index contributed by atoms with van der Waals surface area (Å²) >= 11 is 0. The Labute approximate surface area is 110 Å². The minimum atomic E-state index is -0.185. The number of aliphatic hydroxyl groups excluding tert-OH is 1. The Morgan fingerprint density at radius 3 is 2.89 bits per heavy atom. The van der Waals surface area contributed by atoms with E-state index in [2.05, 4.69) is 10.3 Å². The van der Waals surface area contributed by atoms with Gasteiger partial charge in [0, 0.05) is 7.05 Å². The highest BCUT2D eigenvalue weighted by atomic mass is 16.3. The van der Waals surface area contributed by atoms with Crippen molar-refractivity contribution in [1.82, 2.24) is 19.9 Å². The molecule has 2 aromatic rings. The number of rotatable bonds is 5. The predicted molar refractivity (Wildman–Crippen MR) is 65.9 cm³/mol. The first-order valence-electron chi connectivity index (χ1n) is 5.87. The van der Waals surface area contributed by atoms with Crippen molar-refractivity contribution in [3.8, 4) is 0 Å². The van der Waals surface area contributed by atoms with Crippen LogP contribution < -0.4 is 0 Å². The molecule has 1 amide bonds. The molecule has 19 heavy (non-hydrogen) atoms. The van der Waals surface area contributed by atoms with E-state index in [1.54, 1.807) is 18.1 Å². The zero-order chi connectivity index (χ0) is 13.8. The Balaban J connectivity index is 1.91. The molecule has 0 saturated heterocycles. The Kier molecular flexibility index (Phi) is 3.96. The van der Waals surface area contributed by atoms with Gasteiger partial charge >= 0.3 is 0 Å². The Morgan fingerprint density at radius 2 is 2.32 bits per heavy atom. The maximum absolute atomic E-state index is 12.0. The maximum Gasteiger partial charge on any atom is 0.244 e. The van der Waals surface area contributed by atoms with E-state index in [0.29, 0.717) is 12.2 Å². The van der Waals surface area contributed by atoms with E-state index in [1.165, 1.54) is 4.68 Å². The van der Waals surface area contributed by atoms with Crippen molar-refractivity contribution in [3.63, 3.8) is 0 Å². The van der Waals surface area contributed by atoms with E-state index in [1.807, 2.05) is 19.1 Å². The molecule has 0 aliphatic rings. The minimum absolute atomic E-state index is 0.0865. The molecule has 7 heteroatoms. The third-order valence-electron chi connectivity index (χ3n) is 2.66. The van der Waals surface area contributed by atoms with Crippen LogP contribution in [0, 0.1) is 6.92 Å². The number of carbonyl (C=O) groups excluding carboxylic acids is 1. The number of amides is 1. The molecule has 0 aromatic carbocycles. The predicted octanol–water partition coefficient (Wildman–Crippen LogP) is 0.330. The molecular weight excluding hydrogens is 248 g/mol. The highest BCUT2D eigenvalue weighted by molar-refractivity contribution is 5.75. The number of carbonyl (C=O) groups is 1. The topological polar surface area (TPSA) is 84.4 Å². The maximum atomic E-state index is 12.0. The summed E-state index contributed by atoms with van der Waals surface area (Å²) in [6.45, 7) is 2.17. The number of nitrogens with zero attached hydrogens (tertiary/aromatic N) is 4. The highest BCUT2D eigenvalue weighted by Gasteiger charge is 2.12. The molecule has 0 unspecified atom stereocenters. The van der Waals surface area contributed by atoms with Gasteiger partial charge < -0.3 is 14.4 Å². The van der Waals surface area contributed by atoms with Gasteiger partial charge in [0.1, 0.15) is 23.8 Å². The lowest BCUT2D eigenvalue weighted by molar-refractivity contribution is -0.131. The second-order valence-electron chi connectivity index (χ2n) is 4.33. The zero-order valence-electron chi connectivity index (χ0n) is 10.9. The van der Waals surface area contributed by atoms with Crippen molar-refractivity contribution in [2.75, 3.05) is 7.05 Å². The van der Waals surface area contributed by atoms with Gasteiger partial charge in [0.25, 0.3) is 0 Å². The van der Waals surface area contributed by atoms with E-state index in [4.69, 9.17) is 9.52 Å². The molecule has 2 aromatic heterocycles. The van der Waals surface area contributed by atoms with Crippen molar-refractivity contribution in [2.24, 2.45) is 0 Å². The van der Waals surface area contributed by atoms with Crippen LogP contribution in [0.2, 0.25) is 0 Å². The summed E-state index contributed by atoms with van der Waals surface area (Å²) in [5.74, 6) is 1.45. The molecule has 1 N–H and O–H groups in total. The number of aryl methyl sites for hydroxylation is 1. The number of hydrogen-bond donors (Lipinski definition) is 1. The van der Waals surface area contributed by atoms with Crippen LogP contribution in [0.3, 0.4) is 0 Å². The van der Waals surface area contributed by atoms with E-state index in [0.717, 1.165) is 11.5 Å². The van der Waals surface area contributed by atoms with Crippen LogP contribution in [0.4, 0.5) is 0 Å². The minimum Gasteiger partial charge on any atom is -0.464 e. The zero-order valence-corrected chi connectivity index (χ0v) is 10.9. The van der Waals surface area contributed by atoms with Gasteiger partial charge in [-0.25, -0.2) is 4.68 Å². The number of furan rings is 1. The van der Waals surface area contributed by atoms with Crippen LogP contribution in [-0.2, 0) is 24.5 Å². The summed E-state index contributed by atoms with van der Waals surface area (Å²) in [4.78, 5) is 13.5. The molecule has 2 heterocycles. The molecule has 0 aliphatic carbocycles. The fraction of sp³-hybridized carbons (Fsp3) is 0.417. The quantitative estimate of drug-likeness (QED) is 0.841. The molecule has 0 radical (unpaired) electrons. The fourth-order valence-corrected chi connectivity index (χ4v) is 1.64. The van der Waals surface area contributed by atoms with Gasteiger partial charge in [-0.1, -0.05) is 5.21 Å². The third kappa shape index (κ3) is 3.41. The molecule has 0 aliphatic heterocycles. The third-order valence-corrected chi connectivity index (χ3v) is 2.66. The molecule has 7 nitrogen and oxygen atoms in total. The van der Waals surface area contributed by atoms with Crippen LogP contribution in [0.25, 0.3) is 0 Å². The first kappa shape index (κ1) is 13.3. The summed E-state index contributed by atoms with van der Waals surface area (Å²) < 4.78 is 6.81. The van der Waals surface area contributed by atoms with E-state index in [-0.39, 0.29) is 19.1 Å². The molecule has 2 rings (SSSR count). The van der Waals surface area contributed by atoms with E-state index >= 15 is 0 Å². The Hall–Kier alpha value is -2.15. The monoisotopic (exact) mass is 264 g/mol. The van der Waals surface area contributed by atoms with Crippen LogP contribution in [-0.4, -0.2) is 38.0 Å². The van der Waals surface area contributed by atoms with Gasteiger partial charge in [-0.3, -0.25) is 4.79 Å². The number of hydrogen-bond acceptors (Lipinski definition) is 5. The van der Waals surface area contributed by atoms with Gasteiger partial charge in [0.05, 0.1) is 19.3 Å². The van der Waals surface area contributed by atoms with Crippen molar-refractivity contribution >= 4 is 5.91 Å². The second kappa shape index (κ2) is 5.66. The standard InChI is InChI=1S/C12H16N4O3/c1-9-3-4-11(19-9)6-15(2)12(18)7-16-5-10(8-17)13-14-16/h3-5,17H,6-8H2,1-2H3. The van der Waals surface area contributed by atoms with Gasteiger partial charge in [-0.05, 0) is 19.1 Å². The van der Waals surface area contributed by atoms with Crippen molar-refractivity contribution in [3.05, 3.63) is 35.5 Å². The lowest BCUT2D eigenvalue weighted by atomic mass is 10.4. The van der Waals surface area contributed by atoms with Gasteiger partial charge in [-0.15, -0.1) is 5.10 Å². The molecule has 0 spiro atoms. The average Bonchev–Trinajstić information content (AvgIpc) is 2.98. The van der Waals surface area contributed by atoms with Crippen molar-refractivity contribution in [2.45, 2.75) is 26.6 Å². The van der Waals surface area contributed by atoms with Crippen LogP contribution in [0.15, 0.2) is 22.7 Å². The van der Waals surface area contributed by atoms with Crippen LogP contribution in [0.5, 0.6) is 0 Å². The van der Waals surface area contributed by atoms with E-state index < -0.39 is 0 Å².